The molecule has 0 bridgehead atoms. The van der Waals surface area contributed by atoms with Crippen molar-refractivity contribution < 1.29 is 0 Å². The van der Waals surface area contributed by atoms with Crippen LogP contribution in [0.15, 0.2) is 12.4 Å². The summed E-state index contributed by atoms with van der Waals surface area (Å²) in [5.41, 5.74) is 0. The number of nitrogens with zero attached hydrogens (tertiary/aromatic N) is 1. The monoisotopic (exact) mass is 213 g/mol. The summed E-state index contributed by atoms with van der Waals surface area (Å²) in [7, 11) is 1.80. The largest absolute Gasteiger partial charge is 0.366 e. The first kappa shape index (κ1) is 10.9. The summed E-state index contributed by atoms with van der Waals surface area (Å²) < 4.78 is 0. The van der Waals surface area contributed by atoms with Gasteiger partial charge in [0.1, 0.15) is 5.82 Å². The molecule has 0 radical (unpaired) electrons. The van der Waals surface area contributed by atoms with Crippen molar-refractivity contribution in [1.29, 1.82) is 0 Å². The molecule has 0 fully saturated rings. The lowest BCUT2D eigenvalue weighted by Crippen LogP contribution is -2.37. The molecule has 1 heterocycles. The molecule has 0 spiro atoms. The van der Waals surface area contributed by atoms with Crippen molar-refractivity contribution in [2.45, 2.75) is 6.54 Å². The maximum atomic E-state index is 4.92. The normalized spacial score (nSPS) is 9.79. The Labute approximate surface area is 88.7 Å². The third-order valence-corrected chi connectivity index (χ3v) is 2.01. The number of hydrogen-bond donors (Lipinski definition) is 4. The molecule has 0 unspecified atom stereocenters. The quantitative estimate of drug-likeness (QED) is 0.396. The molecule has 14 heavy (non-hydrogen) atoms. The SMILES string of the molecule is CNC(=S)NCCNCc1ncc[nH]1. The maximum absolute atomic E-state index is 4.92. The summed E-state index contributed by atoms with van der Waals surface area (Å²) in [6, 6.07) is 0. The molecule has 1 aromatic rings. The Morgan fingerprint density at radius 1 is 1.57 bits per heavy atom. The van der Waals surface area contributed by atoms with Crippen LogP contribution in [0.4, 0.5) is 0 Å². The number of thiocarbonyl (C=S) groups is 1. The van der Waals surface area contributed by atoms with Gasteiger partial charge in [0, 0.05) is 32.5 Å². The van der Waals surface area contributed by atoms with Crippen LogP contribution in [0.1, 0.15) is 5.82 Å². The predicted octanol–water partition coefficient (Wildman–Crippen LogP) is -0.407. The van der Waals surface area contributed by atoms with E-state index in [1.807, 2.05) is 6.20 Å². The zero-order chi connectivity index (χ0) is 10.2. The van der Waals surface area contributed by atoms with Gasteiger partial charge in [-0.25, -0.2) is 4.98 Å². The number of hydrogen-bond acceptors (Lipinski definition) is 3. The van der Waals surface area contributed by atoms with E-state index in [2.05, 4.69) is 25.9 Å². The Bertz CT molecular complexity index is 259. The molecule has 1 rings (SSSR count). The third-order valence-electron chi connectivity index (χ3n) is 1.66. The second kappa shape index (κ2) is 6.33. The summed E-state index contributed by atoms with van der Waals surface area (Å²) in [4.78, 5) is 7.10. The standard InChI is InChI=1S/C8H15N5S/c1-9-8(14)13-3-2-10-6-7-11-4-5-12-7/h4-5,10H,2-3,6H2,1H3,(H,11,12)(H2,9,13,14). The number of rotatable bonds is 5. The highest BCUT2D eigenvalue weighted by Crippen LogP contribution is 1.85. The zero-order valence-electron chi connectivity index (χ0n) is 8.13. The van der Waals surface area contributed by atoms with Crippen molar-refractivity contribution >= 4 is 17.3 Å². The highest BCUT2D eigenvalue weighted by Gasteiger charge is 1.93. The van der Waals surface area contributed by atoms with E-state index in [9.17, 15) is 0 Å². The Hall–Kier alpha value is -1.14. The fourth-order valence-corrected chi connectivity index (χ4v) is 1.06. The molecular weight excluding hydrogens is 198 g/mol. The van der Waals surface area contributed by atoms with Crippen LogP contribution in [0.25, 0.3) is 0 Å². The van der Waals surface area contributed by atoms with E-state index in [1.54, 1.807) is 13.2 Å². The van der Waals surface area contributed by atoms with Gasteiger partial charge in [0.25, 0.3) is 0 Å². The lowest BCUT2D eigenvalue weighted by Gasteiger charge is -2.06. The molecule has 1 aromatic heterocycles. The molecule has 0 atom stereocenters. The van der Waals surface area contributed by atoms with Crippen molar-refractivity contribution in [3.8, 4) is 0 Å². The molecule has 78 valence electrons. The molecule has 0 aliphatic heterocycles. The molecule has 0 aliphatic rings. The van der Waals surface area contributed by atoms with Gasteiger partial charge in [-0.2, -0.15) is 0 Å². The van der Waals surface area contributed by atoms with Crippen molar-refractivity contribution in [2.24, 2.45) is 0 Å². The number of aromatic nitrogens is 2. The summed E-state index contributed by atoms with van der Waals surface area (Å²) in [6.45, 7) is 2.41. The molecule has 4 N–H and O–H groups in total. The Morgan fingerprint density at radius 2 is 2.43 bits per heavy atom. The topological polar surface area (TPSA) is 64.8 Å². The van der Waals surface area contributed by atoms with Gasteiger partial charge < -0.3 is 20.9 Å². The Morgan fingerprint density at radius 3 is 3.07 bits per heavy atom. The van der Waals surface area contributed by atoms with E-state index >= 15 is 0 Å². The van der Waals surface area contributed by atoms with Gasteiger partial charge in [0.05, 0.1) is 6.54 Å². The van der Waals surface area contributed by atoms with Crippen molar-refractivity contribution in [1.82, 2.24) is 25.9 Å². The highest BCUT2D eigenvalue weighted by molar-refractivity contribution is 7.80. The van der Waals surface area contributed by atoms with E-state index in [0.29, 0.717) is 5.11 Å². The summed E-state index contributed by atoms with van der Waals surface area (Å²) in [5, 5.41) is 9.78. The molecule has 0 saturated heterocycles. The maximum Gasteiger partial charge on any atom is 0.166 e. The number of imidazole rings is 1. The average molecular weight is 213 g/mol. The van der Waals surface area contributed by atoms with Crippen LogP contribution in [0.5, 0.6) is 0 Å². The van der Waals surface area contributed by atoms with Gasteiger partial charge in [-0.3, -0.25) is 0 Å². The van der Waals surface area contributed by atoms with Gasteiger partial charge in [-0.1, -0.05) is 0 Å². The van der Waals surface area contributed by atoms with E-state index in [-0.39, 0.29) is 0 Å². The number of H-pyrrole nitrogens is 1. The summed E-state index contributed by atoms with van der Waals surface area (Å²) in [6.07, 6.45) is 3.55. The van der Waals surface area contributed by atoms with Crippen molar-refractivity contribution in [3.63, 3.8) is 0 Å². The zero-order valence-corrected chi connectivity index (χ0v) is 8.95. The second-order valence-electron chi connectivity index (χ2n) is 2.72. The first-order valence-electron chi connectivity index (χ1n) is 4.47. The van der Waals surface area contributed by atoms with Crippen molar-refractivity contribution in [3.05, 3.63) is 18.2 Å². The van der Waals surface area contributed by atoms with Crippen molar-refractivity contribution in [2.75, 3.05) is 20.1 Å². The van der Waals surface area contributed by atoms with Gasteiger partial charge in [0.2, 0.25) is 0 Å². The molecule has 6 heteroatoms. The molecular formula is C8H15N5S. The van der Waals surface area contributed by atoms with Crippen LogP contribution in [0.3, 0.4) is 0 Å². The molecule has 5 nitrogen and oxygen atoms in total. The van der Waals surface area contributed by atoms with Gasteiger partial charge >= 0.3 is 0 Å². The minimum absolute atomic E-state index is 0.671. The van der Waals surface area contributed by atoms with Crippen LogP contribution in [-0.2, 0) is 6.54 Å². The molecule has 0 amide bonds. The third kappa shape index (κ3) is 4.20. The lowest BCUT2D eigenvalue weighted by molar-refractivity contribution is 0.652. The van der Waals surface area contributed by atoms with Crippen LogP contribution < -0.4 is 16.0 Å². The van der Waals surface area contributed by atoms with E-state index in [1.165, 1.54) is 0 Å². The summed E-state index contributed by atoms with van der Waals surface area (Å²) >= 11 is 4.92. The Kier molecular flexibility index (Phi) is 4.95. The van der Waals surface area contributed by atoms with Crippen LogP contribution in [-0.4, -0.2) is 35.2 Å². The number of nitrogens with one attached hydrogen (secondary N) is 4. The van der Waals surface area contributed by atoms with Crippen LogP contribution >= 0.6 is 12.2 Å². The molecule has 0 aliphatic carbocycles. The van der Waals surface area contributed by atoms with Crippen LogP contribution in [0, 0.1) is 0 Å². The fraction of sp³-hybridized carbons (Fsp3) is 0.500. The molecule has 0 aromatic carbocycles. The average Bonchev–Trinajstić information content (AvgIpc) is 2.69. The van der Waals surface area contributed by atoms with Gasteiger partial charge in [-0.15, -0.1) is 0 Å². The first-order valence-corrected chi connectivity index (χ1v) is 4.88. The van der Waals surface area contributed by atoms with E-state index in [0.717, 1.165) is 25.5 Å². The summed E-state index contributed by atoms with van der Waals surface area (Å²) in [5.74, 6) is 0.946. The number of aromatic amines is 1. The minimum atomic E-state index is 0.671. The van der Waals surface area contributed by atoms with Crippen LogP contribution in [0.2, 0.25) is 0 Å². The van der Waals surface area contributed by atoms with Gasteiger partial charge in [0.15, 0.2) is 5.11 Å². The second-order valence-corrected chi connectivity index (χ2v) is 3.13. The Balaban J connectivity index is 1.97. The predicted molar refractivity (Wildman–Crippen MR) is 60.0 cm³/mol. The smallest absolute Gasteiger partial charge is 0.166 e. The van der Waals surface area contributed by atoms with E-state index in [4.69, 9.17) is 12.2 Å². The first-order chi connectivity index (χ1) is 6.83. The molecule has 0 saturated carbocycles. The highest BCUT2D eigenvalue weighted by atomic mass is 32.1. The lowest BCUT2D eigenvalue weighted by atomic mass is 10.5. The fourth-order valence-electron chi connectivity index (χ4n) is 0.954. The van der Waals surface area contributed by atoms with Gasteiger partial charge in [-0.05, 0) is 12.2 Å². The van der Waals surface area contributed by atoms with E-state index < -0.39 is 0 Å². The minimum Gasteiger partial charge on any atom is -0.366 e.